The SMILES string of the molecule is Cl.O=C1SC(=CCCc2ccc(Cl)cc2)C(=O)N1CCCCSc1cccc2nccn12. The molecule has 168 valence electrons. The van der Waals surface area contributed by atoms with E-state index in [0.29, 0.717) is 22.9 Å². The van der Waals surface area contributed by atoms with Crippen LogP contribution in [0, 0.1) is 0 Å². The lowest BCUT2D eigenvalue weighted by Crippen LogP contribution is -2.29. The number of hydrogen-bond donors (Lipinski definition) is 0. The van der Waals surface area contributed by atoms with Crippen molar-refractivity contribution < 1.29 is 9.59 Å². The first-order chi connectivity index (χ1) is 15.1. The summed E-state index contributed by atoms with van der Waals surface area (Å²) in [7, 11) is 0. The van der Waals surface area contributed by atoms with E-state index in [1.807, 2.05) is 48.7 Å². The number of nitrogens with zero attached hydrogens (tertiary/aromatic N) is 3. The van der Waals surface area contributed by atoms with Crippen molar-refractivity contribution in [1.82, 2.24) is 14.3 Å². The van der Waals surface area contributed by atoms with Gasteiger partial charge < -0.3 is 0 Å². The molecule has 2 amide bonds. The number of amides is 2. The summed E-state index contributed by atoms with van der Waals surface area (Å²) in [6.45, 7) is 0.467. The van der Waals surface area contributed by atoms with E-state index in [4.69, 9.17) is 11.6 Å². The van der Waals surface area contributed by atoms with Crippen LogP contribution in [0.5, 0.6) is 0 Å². The molecule has 0 bridgehead atoms. The van der Waals surface area contributed by atoms with E-state index in [1.54, 1.807) is 18.0 Å². The van der Waals surface area contributed by atoms with Gasteiger partial charge in [-0.25, -0.2) is 4.98 Å². The predicted octanol–water partition coefficient (Wildman–Crippen LogP) is 6.49. The van der Waals surface area contributed by atoms with Gasteiger partial charge >= 0.3 is 0 Å². The van der Waals surface area contributed by atoms with Crippen molar-refractivity contribution in [3.63, 3.8) is 0 Å². The van der Waals surface area contributed by atoms with Crippen LogP contribution in [0.4, 0.5) is 4.79 Å². The topological polar surface area (TPSA) is 54.7 Å². The number of imide groups is 1. The van der Waals surface area contributed by atoms with Gasteiger partial charge in [0.25, 0.3) is 11.1 Å². The van der Waals surface area contributed by atoms with Crippen molar-refractivity contribution in [2.75, 3.05) is 12.3 Å². The monoisotopic (exact) mass is 507 g/mol. The molecule has 0 unspecified atom stereocenters. The minimum absolute atomic E-state index is 0. The first-order valence-electron chi connectivity index (χ1n) is 10.1. The number of aryl methyl sites for hydroxylation is 1. The number of carbonyl (C=O) groups is 2. The molecular formula is C23H23Cl2N3O2S2. The van der Waals surface area contributed by atoms with Gasteiger partial charge in [-0.15, -0.1) is 24.2 Å². The normalized spacial score (nSPS) is 15.0. The second kappa shape index (κ2) is 11.8. The zero-order valence-corrected chi connectivity index (χ0v) is 20.5. The maximum Gasteiger partial charge on any atom is 0.293 e. The predicted molar refractivity (Wildman–Crippen MR) is 135 cm³/mol. The highest BCUT2D eigenvalue weighted by Crippen LogP contribution is 2.31. The molecule has 1 aliphatic heterocycles. The largest absolute Gasteiger partial charge is 0.294 e. The van der Waals surface area contributed by atoms with E-state index >= 15 is 0 Å². The molecule has 0 radical (unpaired) electrons. The summed E-state index contributed by atoms with van der Waals surface area (Å²) in [5.74, 6) is 0.756. The smallest absolute Gasteiger partial charge is 0.293 e. The van der Waals surface area contributed by atoms with Crippen molar-refractivity contribution in [2.45, 2.75) is 30.7 Å². The van der Waals surface area contributed by atoms with Crippen LogP contribution in [0.1, 0.15) is 24.8 Å². The van der Waals surface area contributed by atoms with Crippen molar-refractivity contribution in [1.29, 1.82) is 0 Å². The molecule has 1 saturated heterocycles. The van der Waals surface area contributed by atoms with Crippen LogP contribution in [0.25, 0.3) is 5.65 Å². The Morgan fingerprint density at radius 3 is 2.72 bits per heavy atom. The number of pyridine rings is 1. The number of benzene rings is 1. The molecule has 3 aromatic rings. The van der Waals surface area contributed by atoms with Crippen LogP contribution in [0.2, 0.25) is 5.02 Å². The second-order valence-electron chi connectivity index (χ2n) is 7.13. The molecule has 2 aromatic heterocycles. The molecule has 0 N–H and O–H groups in total. The third-order valence-corrected chi connectivity index (χ3v) is 7.30. The molecule has 0 saturated carbocycles. The van der Waals surface area contributed by atoms with Crippen molar-refractivity contribution in [3.8, 4) is 0 Å². The number of carbonyl (C=O) groups excluding carboxylic acids is 2. The van der Waals surface area contributed by atoms with E-state index in [-0.39, 0.29) is 23.6 Å². The molecular weight excluding hydrogens is 485 g/mol. The van der Waals surface area contributed by atoms with E-state index < -0.39 is 0 Å². The third-order valence-electron chi connectivity index (χ3n) is 4.97. The van der Waals surface area contributed by atoms with Crippen molar-refractivity contribution >= 4 is 64.3 Å². The standard InChI is InChI=1S/C23H22ClN3O2S2.ClH/c24-18-11-9-17(10-12-18)5-3-6-19-22(28)27(23(29)31-19)14-1-2-16-30-21-8-4-7-20-25-13-15-26(20)21;/h4,6-13,15H,1-3,5,14,16H2;1H. The minimum Gasteiger partial charge on any atom is -0.294 e. The molecule has 9 heteroatoms. The average Bonchev–Trinajstić information content (AvgIpc) is 3.35. The number of aromatic nitrogens is 2. The van der Waals surface area contributed by atoms with Crippen molar-refractivity contribution in [2.24, 2.45) is 0 Å². The van der Waals surface area contributed by atoms with Gasteiger partial charge in [0.1, 0.15) is 5.65 Å². The summed E-state index contributed by atoms with van der Waals surface area (Å²) in [5, 5.41) is 1.69. The zero-order valence-electron chi connectivity index (χ0n) is 17.3. The van der Waals surface area contributed by atoms with Crippen molar-refractivity contribution in [3.05, 3.63) is 76.4 Å². The molecule has 1 aromatic carbocycles. The Balaban J connectivity index is 0.00000289. The second-order valence-corrected chi connectivity index (χ2v) is 9.68. The number of rotatable bonds is 9. The summed E-state index contributed by atoms with van der Waals surface area (Å²) in [6, 6.07) is 13.7. The first kappa shape index (κ1) is 24.7. The molecule has 5 nitrogen and oxygen atoms in total. The number of allylic oxidation sites excluding steroid dienone is 1. The Labute approximate surface area is 207 Å². The van der Waals surface area contributed by atoms with Crippen LogP contribution in [0.15, 0.2) is 70.9 Å². The summed E-state index contributed by atoms with van der Waals surface area (Å²) in [6.07, 6.45) is 8.87. The third kappa shape index (κ3) is 6.10. The lowest BCUT2D eigenvalue weighted by molar-refractivity contribution is -0.122. The molecule has 1 fully saturated rings. The molecule has 0 spiro atoms. The summed E-state index contributed by atoms with van der Waals surface area (Å²) in [5.41, 5.74) is 2.09. The first-order valence-corrected chi connectivity index (χ1v) is 12.3. The maximum atomic E-state index is 12.6. The number of unbranched alkanes of at least 4 members (excludes halogenated alkanes) is 1. The molecule has 1 aliphatic rings. The maximum absolute atomic E-state index is 12.6. The zero-order chi connectivity index (χ0) is 21.6. The number of fused-ring (bicyclic) bond motifs is 1. The summed E-state index contributed by atoms with van der Waals surface area (Å²) < 4.78 is 2.07. The number of hydrogen-bond acceptors (Lipinski definition) is 5. The fraction of sp³-hybridized carbons (Fsp3) is 0.261. The Morgan fingerprint density at radius 1 is 1.09 bits per heavy atom. The fourth-order valence-electron chi connectivity index (χ4n) is 3.34. The van der Waals surface area contributed by atoms with Crippen LogP contribution in [0.3, 0.4) is 0 Å². The molecule has 0 aliphatic carbocycles. The van der Waals surface area contributed by atoms with Gasteiger partial charge in [0.05, 0.1) is 9.93 Å². The van der Waals surface area contributed by atoms with E-state index in [2.05, 4.69) is 15.5 Å². The highest BCUT2D eigenvalue weighted by Gasteiger charge is 2.34. The molecule has 3 heterocycles. The number of halogens is 2. The number of imidazole rings is 1. The molecule has 0 atom stereocenters. The Morgan fingerprint density at radius 2 is 1.91 bits per heavy atom. The summed E-state index contributed by atoms with van der Waals surface area (Å²) >= 11 is 8.71. The van der Waals surface area contributed by atoms with Crippen LogP contribution < -0.4 is 0 Å². The van der Waals surface area contributed by atoms with E-state index in [0.717, 1.165) is 53.0 Å². The van der Waals surface area contributed by atoms with Gasteiger partial charge in [-0.3, -0.25) is 18.9 Å². The van der Waals surface area contributed by atoms with Crippen LogP contribution >= 0.6 is 47.5 Å². The van der Waals surface area contributed by atoms with Gasteiger partial charge in [-0.05, 0) is 73.0 Å². The minimum atomic E-state index is -0.168. The van der Waals surface area contributed by atoms with Gasteiger partial charge in [-0.1, -0.05) is 35.9 Å². The van der Waals surface area contributed by atoms with Crippen LogP contribution in [-0.2, 0) is 11.2 Å². The molecule has 32 heavy (non-hydrogen) atoms. The van der Waals surface area contributed by atoms with E-state index in [1.165, 1.54) is 4.90 Å². The van der Waals surface area contributed by atoms with Gasteiger partial charge in [0.15, 0.2) is 0 Å². The van der Waals surface area contributed by atoms with Crippen LogP contribution in [-0.4, -0.2) is 37.7 Å². The Kier molecular flexibility index (Phi) is 9.11. The quantitative estimate of drug-likeness (QED) is 0.188. The lowest BCUT2D eigenvalue weighted by atomic mass is 10.1. The van der Waals surface area contributed by atoms with Gasteiger partial charge in [0.2, 0.25) is 0 Å². The average molecular weight is 508 g/mol. The fourth-order valence-corrected chi connectivity index (χ4v) is 5.36. The lowest BCUT2D eigenvalue weighted by Gasteiger charge is -2.12. The van der Waals surface area contributed by atoms with E-state index in [9.17, 15) is 9.59 Å². The highest BCUT2D eigenvalue weighted by molar-refractivity contribution is 8.18. The molecule has 4 rings (SSSR count). The Hall–Kier alpha value is -1.93. The number of thioether (sulfide) groups is 2. The highest BCUT2D eigenvalue weighted by atomic mass is 35.5. The Bertz CT molecular complexity index is 1120. The van der Waals surface area contributed by atoms with Gasteiger partial charge in [0, 0.05) is 24.0 Å². The van der Waals surface area contributed by atoms with Gasteiger partial charge in [-0.2, -0.15) is 0 Å². The summed E-state index contributed by atoms with van der Waals surface area (Å²) in [4.78, 5) is 31.1.